The van der Waals surface area contributed by atoms with E-state index in [1.165, 1.54) is 11.8 Å². The number of benzene rings is 1. The summed E-state index contributed by atoms with van der Waals surface area (Å²) in [4.78, 5) is 21.1. The molecule has 1 amide bonds. The van der Waals surface area contributed by atoms with E-state index in [-0.39, 0.29) is 11.7 Å². The van der Waals surface area contributed by atoms with Gasteiger partial charge in [-0.25, -0.2) is 9.97 Å². The minimum Gasteiger partial charge on any atom is -0.351 e. The van der Waals surface area contributed by atoms with Crippen LogP contribution < -0.4 is 5.32 Å². The number of carbonyl (C=O) groups excluding carboxylic acids is 1. The maximum atomic E-state index is 12.0. The Kier molecular flexibility index (Phi) is 5.96. The number of hydrogen-bond donors (Lipinski definition) is 1. The summed E-state index contributed by atoms with van der Waals surface area (Å²) in [5, 5.41) is 4.04. The molecule has 3 rings (SSSR count). The first-order valence-corrected chi connectivity index (χ1v) is 9.14. The number of aromatic nitrogens is 3. The molecule has 0 unspecified atom stereocenters. The zero-order chi connectivity index (χ0) is 17.6. The van der Waals surface area contributed by atoms with Crippen LogP contribution in [0, 0.1) is 0 Å². The van der Waals surface area contributed by atoms with E-state index < -0.39 is 0 Å². The molecule has 0 aliphatic carbocycles. The highest BCUT2D eigenvalue weighted by atomic mass is 35.5. The van der Waals surface area contributed by atoms with Crippen LogP contribution in [0.25, 0.3) is 5.82 Å². The van der Waals surface area contributed by atoms with Crippen molar-refractivity contribution < 1.29 is 4.79 Å². The largest absolute Gasteiger partial charge is 0.351 e. The highest BCUT2D eigenvalue weighted by molar-refractivity contribution is 8.00. The first-order valence-electron chi connectivity index (χ1n) is 7.39. The lowest BCUT2D eigenvalue weighted by Crippen LogP contribution is -2.24. The maximum Gasteiger partial charge on any atom is 0.230 e. The van der Waals surface area contributed by atoms with Gasteiger partial charge in [0.25, 0.3) is 0 Å². The Labute approximate surface area is 159 Å². The molecule has 0 saturated heterocycles. The second-order valence-electron chi connectivity index (χ2n) is 5.13. The van der Waals surface area contributed by atoms with Crippen LogP contribution in [0.3, 0.4) is 0 Å². The standard InChI is InChI=1S/C17H14Cl2N4OS/c18-13-2-3-14(19)15(7-13)25-10-17(24)22-9-12-1-4-16(21-8-12)23-6-5-20-11-23/h1-8,11H,9-10H2,(H,22,24). The van der Waals surface area contributed by atoms with Crippen LogP contribution >= 0.6 is 35.0 Å². The van der Waals surface area contributed by atoms with Gasteiger partial charge in [0.1, 0.15) is 12.1 Å². The molecule has 2 aromatic heterocycles. The van der Waals surface area contributed by atoms with Gasteiger partial charge in [0.05, 0.1) is 10.8 Å². The predicted molar refractivity (Wildman–Crippen MR) is 100 cm³/mol. The van der Waals surface area contributed by atoms with Crippen LogP contribution in [-0.2, 0) is 11.3 Å². The van der Waals surface area contributed by atoms with Crippen LogP contribution in [0.4, 0.5) is 0 Å². The van der Waals surface area contributed by atoms with Crippen molar-refractivity contribution in [2.45, 2.75) is 11.4 Å². The van der Waals surface area contributed by atoms with Gasteiger partial charge in [-0.3, -0.25) is 9.36 Å². The van der Waals surface area contributed by atoms with Crippen molar-refractivity contribution in [2.24, 2.45) is 0 Å². The smallest absolute Gasteiger partial charge is 0.230 e. The Bertz CT molecular complexity index is 854. The third-order valence-corrected chi connectivity index (χ3v) is 5.05. The number of amides is 1. The molecule has 0 aliphatic heterocycles. The summed E-state index contributed by atoms with van der Waals surface area (Å²) in [6, 6.07) is 8.99. The molecule has 25 heavy (non-hydrogen) atoms. The van der Waals surface area contributed by atoms with Crippen molar-refractivity contribution in [2.75, 3.05) is 5.75 Å². The molecule has 128 valence electrons. The average Bonchev–Trinajstić information content (AvgIpc) is 3.16. The quantitative estimate of drug-likeness (QED) is 0.644. The van der Waals surface area contributed by atoms with Gasteiger partial charge in [-0.05, 0) is 29.8 Å². The van der Waals surface area contributed by atoms with Crippen molar-refractivity contribution in [3.63, 3.8) is 0 Å². The molecule has 0 atom stereocenters. The third-order valence-electron chi connectivity index (χ3n) is 3.32. The number of hydrogen-bond acceptors (Lipinski definition) is 4. The Hall–Kier alpha value is -2.02. The molecule has 2 heterocycles. The molecular formula is C17H14Cl2N4OS. The van der Waals surface area contributed by atoms with E-state index in [1.54, 1.807) is 36.9 Å². The fraction of sp³-hybridized carbons (Fsp3) is 0.118. The summed E-state index contributed by atoms with van der Waals surface area (Å²) in [7, 11) is 0. The molecule has 0 saturated carbocycles. The number of thioether (sulfide) groups is 1. The SMILES string of the molecule is O=C(CSc1cc(Cl)ccc1Cl)NCc1ccc(-n2ccnc2)nc1. The van der Waals surface area contributed by atoms with Gasteiger partial charge >= 0.3 is 0 Å². The van der Waals surface area contributed by atoms with Gasteiger partial charge in [-0.2, -0.15) is 0 Å². The van der Waals surface area contributed by atoms with Crippen LogP contribution in [0.1, 0.15) is 5.56 Å². The van der Waals surface area contributed by atoms with Gasteiger partial charge in [0, 0.05) is 35.1 Å². The second-order valence-corrected chi connectivity index (χ2v) is 7.00. The van der Waals surface area contributed by atoms with E-state index in [4.69, 9.17) is 23.2 Å². The molecule has 3 aromatic rings. The molecule has 8 heteroatoms. The number of nitrogens with zero attached hydrogens (tertiary/aromatic N) is 3. The molecule has 1 aromatic carbocycles. The monoisotopic (exact) mass is 392 g/mol. The van der Waals surface area contributed by atoms with Gasteiger partial charge in [-0.1, -0.05) is 29.3 Å². The van der Waals surface area contributed by atoms with E-state index >= 15 is 0 Å². The van der Waals surface area contributed by atoms with E-state index in [9.17, 15) is 4.79 Å². The Morgan fingerprint density at radius 3 is 2.84 bits per heavy atom. The summed E-state index contributed by atoms with van der Waals surface area (Å²) in [6.45, 7) is 0.417. The summed E-state index contributed by atoms with van der Waals surface area (Å²) >= 11 is 13.4. The highest BCUT2D eigenvalue weighted by Gasteiger charge is 2.07. The number of imidazole rings is 1. The third kappa shape index (κ3) is 4.98. The first kappa shape index (κ1) is 17.8. The van der Waals surface area contributed by atoms with Crippen LogP contribution in [-0.4, -0.2) is 26.2 Å². The summed E-state index contributed by atoms with van der Waals surface area (Å²) in [5.74, 6) is 0.958. The number of pyridine rings is 1. The van der Waals surface area contributed by atoms with E-state index in [0.29, 0.717) is 16.6 Å². The Morgan fingerprint density at radius 1 is 1.24 bits per heavy atom. The molecule has 1 N–H and O–H groups in total. The number of halogens is 2. The van der Waals surface area contributed by atoms with Gasteiger partial charge in [-0.15, -0.1) is 11.8 Å². The molecular weight excluding hydrogens is 379 g/mol. The minimum absolute atomic E-state index is 0.0836. The van der Waals surface area contributed by atoms with E-state index in [0.717, 1.165) is 16.3 Å². The molecule has 0 aliphatic rings. The Balaban J connectivity index is 1.49. The fourth-order valence-electron chi connectivity index (χ4n) is 2.05. The van der Waals surface area contributed by atoms with Crippen molar-refractivity contribution in [3.8, 4) is 5.82 Å². The lowest BCUT2D eigenvalue weighted by molar-refractivity contribution is -0.118. The molecule has 0 radical (unpaired) electrons. The normalized spacial score (nSPS) is 10.6. The summed E-state index contributed by atoms with van der Waals surface area (Å²) in [5.41, 5.74) is 0.919. The summed E-state index contributed by atoms with van der Waals surface area (Å²) in [6.07, 6.45) is 6.93. The molecule has 0 spiro atoms. The van der Waals surface area contributed by atoms with E-state index in [2.05, 4.69) is 15.3 Å². The molecule has 5 nitrogen and oxygen atoms in total. The number of nitrogens with one attached hydrogen (secondary N) is 1. The van der Waals surface area contributed by atoms with Crippen molar-refractivity contribution in [1.82, 2.24) is 19.9 Å². The van der Waals surface area contributed by atoms with Crippen LogP contribution in [0.15, 0.2) is 60.1 Å². The predicted octanol–water partition coefficient (Wildman–Crippen LogP) is 3.98. The van der Waals surface area contributed by atoms with E-state index in [1.807, 2.05) is 22.9 Å². The zero-order valence-electron chi connectivity index (χ0n) is 13.0. The summed E-state index contributed by atoms with van der Waals surface area (Å²) < 4.78 is 1.81. The fourth-order valence-corrected chi connectivity index (χ4v) is 3.37. The second kappa shape index (κ2) is 8.38. The molecule has 0 bridgehead atoms. The number of rotatable bonds is 6. The minimum atomic E-state index is -0.0836. The lowest BCUT2D eigenvalue weighted by Gasteiger charge is -2.07. The van der Waals surface area contributed by atoms with Crippen molar-refractivity contribution >= 4 is 40.9 Å². The lowest BCUT2D eigenvalue weighted by atomic mass is 10.3. The van der Waals surface area contributed by atoms with Gasteiger partial charge < -0.3 is 5.32 Å². The average molecular weight is 393 g/mol. The van der Waals surface area contributed by atoms with Crippen LogP contribution in [0.5, 0.6) is 0 Å². The van der Waals surface area contributed by atoms with Crippen molar-refractivity contribution in [3.05, 3.63) is 70.9 Å². The van der Waals surface area contributed by atoms with Gasteiger partial charge in [0.2, 0.25) is 5.91 Å². The topological polar surface area (TPSA) is 59.8 Å². The highest BCUT2D eigenvalue weighted by Crippen LogP contribution is 2.29. The number of carbonyl (C=O) groups is 1. The first-order chi connectivity index (χ1) is 12.1. The van der Waals surface area contributed by atoms with Gasteiger partial charge in [0.15, 0.2) is 0 Å². The maximum absolute atomic E-state index is 12.0. The van der Waals surface area contributed by atoms with Crippen LogP contribution in [0.2, 0.25) is 10.0 Å². The molecule has 0 fully saturated rings. The van der Waals surface area contributed by atoms with Crippen molar-refractivity contribution in [1.29, 1.82) is 0 Å². The zero-order valence-corrected chi connectivity index (χ0v) is 15.4. The Morgan fingerprint density at radius 2 is 2.12 bits per heavy atom.